The Labute approximate surface area is 239 Å². The van der Waals surface area contributed by atoms with Crippen molar-refractivity contribution in [3.63, 3.8) is 0 Å². The number of para-hydroxylation sites is 1. The highest BCUT2D eigenvalue weighted by molar-refractivity contribution is 7.98. The summed E-state index contributed by atoms with van der Waals surface area (Å²) in [6, 6.07) is 10.5. The van der Waals surface area contributed by atoms with Gasteiger partial charge in [0, 0.05) is 44.3 Å². The quantitative estimate of drug-likeness (QED) is 0.271. The minimum absolute atomic E-state index is 0.306. The molecule has 1 aliphatic rings. The number of piperazine rings is 1. The molecule has 0 amide bonds. The molecule has 11 nitrogen and oxygen atoms in total. The molecule has 0 bridgehead atoms. The van der Waals surface area contributed by atoms with E-state index in [2.05, 4.69) is 37.3 Å². The Kier molecular flexibility index (Phi) is 7.45. The van der Waals surface area contributed by atoms with Crippen LogP contribution in [0.25, 0.3) is 33.7 Å². The van der Waals surface area contributed by atoms with Gasteiger partial charge in [-0.25, -0.2) is 9.37 Å². The number of benzene rings is 2. The van der Waals surface area contributed by atoms with Crippen molar-refractivity contribution in [1.82, 2.24) is 34.8 Å². The molecule has 0 spiro atoms. The van der Waals surface area contributed by atoms with Crippen LogP contribution >= 0.6 is 11.8 Å². The van der Waals surface area contributed by atoms with E-state index in [0.29, 0.717) is 68.5 Å². The van der Waals surface area contributed by atoms with Crippen molar-refractivity contribution < 1.29 is 13.5 Å². The molecular formula is C28H29FN8O3S. The summed E-state index contributed by atoms with van der Waals surface area (Å²) in [5.41, 5.74) is 1.93. The SMILES string of the molecule is CCn1cc(-c2nc(SCc3nnc(-c4ccccc4OC)o3)n[nH]2)c(=O)c2cc(F)c(N3CCN(C)CC3)cc21. The summed E-state index contributed by atoms with van der Waals surface area (Å²) in [4.78, 5) is 22.3. The lowest BCUT2D eigenvalue weighted by Gasteiger charge is -2.34. The van der Waals surface area contributed by atoms with Gasteiger partial charge in [-0.2, -0.15) is 0 Å². The van der Waals surface area contributed by atoms with Crippen molar-refractivity contribution in [2.24, 2.45) is 0 Å². The number of likely N-dealkylation sites (N-methyl/N-ethyl adjacent to an activating group) is 1. The third-order valence-corrected chi connectivity index (χ3v) is 8.01. The van der Waals surface area contributed by atoms with Gasteiger partial charge in [-0.3, -0.25) is 9.89 Å². The fraction of sp³-hybridized carbons (Fsp3) is 0.321. The van der Waals surface area contributed by atoms with Gasteiger partial charge >= 0.3 is 0 Å². The normalized spacial score (nSPS) is 14.2. The standard InChI is InChI=1S/C28H29FN8O3S/c1-4-36-15-19(25(38)18-13-20(29)22(14-21(18)36)37-11-9-35(2)10-12-37)26-30-28(34-32-26)41-16-24-31-33-27(40-24)17-7-5-6-8-23(17)39-3/h5-8,13-15H,4,9-12,16H2,1-3H3,(H,30,32,34). The molecule has 0 radical (unpaired) electrons. The summed E-state index contributed by atoms with van der Waals surface area (Å²) in [5, 5.41) is 16.1. The lowest BCUT2D eigenvalue weighted by Crippen LogP contribution is -2.44. The summed E-state index contributed by atoms with van der Waals surface area (Å²) in [6.07, 6.45) is 1.75. The van der Waals surface area contributed by atoms with Crippen molar-refractivity contribution >= 4 is 28.4 Å². The number of aromatic nitrogens is 6. The van der Waals surface area contributed by atoms with Gasteiger partial charge in [0.1, 0.15) is 11.6 Å². The second kappa shape index (κ2) is 11.3. The molecule has 6 rings (SSSR count). The number of hydrogen-bond donors (Lipinski definition) is 1. The van der Waals surface area contributed by atoms with E-state index in [0.717, 1.165) is 26.2 Å². The number of anilines is 1. The molecule has 1 aliphatic heterocycles. The van der Waals surface area contributed by atoms with Crippen LogP contribution in [0, 0.1) is 5.82 Å². The third-order valence-electron chi connectivity index (χ3n) is 7.18. The van der Waals surface area contributed by atoms with E-state index in [1.807, 2.05) is 40.7 Å². The topological polar surface area (TPSA) is 118 Å². The Bertz CT molecular complexity index is 1760. The van der Waals surface area contributed by atoms with Gasteiger partial charge in [-0.05, 0) is 38.2 Å². The number of hydrogen-bond acceptors (Lipinski definition) is 10. The van der Waals surface area contributed by atoms with Crippen LogP contribution in [0.2, 0.25) is 0 Å². The Balaban J connectivity index is 1.24. The minimum Gasteiger partial charge on any atom is -0.496 e. The van der Waals surface area contributed by atoms with Crippen molar-refractivity contribution in [3.05, 3.63) is 64.5 Å². The monoisotopic (exact) mass is 576 g/mol. The van der Waals surface area contributed by atoms with E-state index >= 15 is 4.39 Å². The number of pyridine rings is 1. The second-order valence-electron chi connectivity index (χ2n) is 9.73. The second-order valence-corrected chi connectivity index (χ2v) is 10.7. The zero-order valence-electron chi connectivity index (χ0n) is 22.9. The van der Waals surface area contributed by atoms with Gasteiger partial charge < -0.3 is 23.5 Å². The maximum Gasteiger partial charge on any atom is 0.251 e. The number of aromatic amines is 1. The molecule has 0 saturated carbocycles. The number of nitrogens with zero attached hydrogens (tertiary/aromatic N) is 7. The molecule has 212 valence electrons. The van der Waals surface area contributed by atoms with E-state index < -0.39 is 5.82 Å². The molecule has 2 aromatic carbocycles. The van der Waals surface area contributed by atoms with Crippen molar-refractivity contribution in [1.29, 1.82) is 0 Å². The van der Waals surface area contributed by atoms with Gasteiger partial charge in [-0.15, -0.1) is 15.3 Å². The molecule has 1 fully saturated rings. The molecule has 5 aromatic rings. The maximum absolute atomic E-state index is 15.3. The molecule has 0 aliphatic carbocycles. The van der Waals surface area contributed by atoms with Crippen LogP contribution in [0.5, 0.6) is 5.75 Å². The highest BCUT2D eigenvalue weighted by Crippen LogP contribution is 2.30. The number of H-pyrrole nitrogens is 1. The number of fused-ring (bicyclic) bond motifs is 1. The van der Waals surface area contributed by atoms with Crippen molar-refractivity contribution in [3.8, 4) is 28.6 Å². The zero-order chi connectivity index (χ0) is 28.5. The van der Waals surface area contributed by atoms with E-state index in [-0.39, 0.29) is 5.43 Å². The minimum atomic E-state index is -0.403. The molecule has 13 heteroatoms. The van der Waals surface area contributed by atoms with Crippen LogP contribution in [0.4, 0.5) is 10.1 Å². The van der Waals surface area contributed by atoms with Crippen molar-refractivity contribution in [2.75, 3.05) is 45.2 Å². The lowest BCUT2D eigenvalue weighted by molar-refractivity contribution is 0.312. The molecule has 1 N–H and O–H groups in total. The van der Waals surface area contributed by atoms with Gasteiger partial charge in [-0.1, -0.05) is 23.9 Å². The molecule has 0 atom stereocenters. The molecule has 3 aromatic heterocycles. The molecular weight excluding hydrogens is 547 g/mol. The lowest BCUT2D eigenvalue weighted by atomic mass is 10.1. The molecule has 1 saturated heterocycles. The largest absolute Gasteiger partial charge is 0.496 e. The van der Waals surface area contributed by atoms with Gasteiger partial charge in [0.2, 0.25) is 11.0 Å². The van der Waals surface area contributed by atoms with Crippen LogP contribution in [0.3, 0.4) is 0 Å². The summed E-state index contributed by atoms with van der Waals surface area (Å²) in [7, 11) is 3.64. The van der Waals surface area contributed by atoms with E-state index in [1.165, 1.54) is 17.8 Å². The molecule has 4 heterocycles. The Morgan fingerprint density at radius 1 is 1.12 bits per heavy atom. The first kappa shape index (κ1) is 27.0. The molecule has 0 unspecified atom stereocenters. The zero-order valence-corrected chi connectivity index (χ0v) is 23.7. The fourth-order valence-corrected chi connectivity index (χ4v) is 5.55. The first-order valence-electron chi connectivity index (χ1n) is 13.3. The van der Waals surface area contributed by atoms with Gasteiger partial charge in [0.25, 0.3) is 5.89 Å². The van der Waals surface area contributed by atoms with E-state index in [4.69, 9.17) is 9.15 Å². The van der Waals surface area contributed by atoms with Crippen LogP contribution in [-0.2, 0) is 12.3 Å². The summed E-state index contributed by atoms with van der Waals surface area (Å²) >= 11 is 1.29. The van der Waals surface area contributed by atoms with E-state index in [1.54, 1.807) is 19.4 Å². The van der Waals surface area contributed by atoms with Gasteiger partial charge in [0.15, 0.2) is 11.3 Å². The van der Waals surface area contributed by atoms with Crippen LogP contribution in [-0.4, -0.2) is 75.2 Å². The summed E-state index contributed by atoms with van der Waals surface area (Å²) in [6.45, 7) is 5.77. The highest BCUT2D eigenvalue weighted by atomic mass is 32.2. The first-order valence-corrected chi connectivity index (χ1v) is 14.2. The predicted molar refractivity (Wildman–Crippen MR) is 155 cm³/mol. The Hall–Kier alpha value is -4.23. The Morgan fingerprint density at radius 2 is 1.93 bits per heavy atom. The first-order chi connectivity index (χ1) is 19.9. The van der Waals surface area contributed by atoms with E-state index in [9.17, 15) is 4.79 Å². The smallest absolute Gasteiger partial charge is 0.251 e. The van der Waals surface area contributed by atoms with Gasteiger partial charge in [0.05, 0.1) is 35.2 Å². The summed E-state index contributed by atoms with van der Waals surface area (Å²) in [5.74, 6) is 1.63. The van der Waals surface area contributed by atoms with Crippen LogP contribution < -0.4 is 15.1 Å². The number of rotatable bonds is 8. The number of methoxy groups -OCH3 is 1. The maximum atomic E-state index is 15.3. The van der Waals surface area contributed by atoms with Crippen molar-refractivity contribution in [2.45, 2.75) is 24.4 Å². The molecule has 41 heavy (non-hydrogen) atoms. The fourth-order valence-electron chi connectivity index (χ4n) is 4.92. The summed E-state index contributed by atoms with van der Waals surface area (Å²) < 4.78 is 28.4. The van der Waals surface area contributed by atoms with Crippen LogP contribution in [0.15, 0.2) is 57.0 Å². The van der Waals surface area contributed by atoms with Crippen LogP contribution in [0.1, 0.15) is 12.8 Å². The number of thioether (sulfide) groups is 1. The predicted octanol–water partition coefficient (Wildman–Crippen LogP) is 4.05. The Morgan fingerprint density at radius 3 is 2.71 bits per heavy atom. The number of halogens is 1. The number of ether oxygens (including phenoxy) is 1. The highest BCUT2D eigenvalue weighted by Gasteiger charge is 2.21. The number of nitrogens with one attached hydrogen (secondary N) is 1. The average Bonchev–Trinajstić information content (AvgIpc) is 3.67. The number of aryl methyl sites for hydroxylation is 1. The third kappa shape index (κ3) is 5.30. The average molecular weight is 577 g/mol.